The molecule has 0 aromatic heterocycles. The fraction of sp³-hybridized carbons (Fsp3) is 0.590. The summed E-state index contributed by atoms with van der Waals surface area (Å²) in [6.07, 6.45) is 1.63. The minimum Gasteiger partial charge on any atom is -0.494 e. The predicted molar refractivity (Wildman–Crippen MR) is 197 cm³/mol. The van der Waals surface area contributed by atoms with Crippen LogP contribution < -0.4 is 30.7 Å². The fourth-order valence-corrected chi connectivity index (χ4v) is 5.39. The number of carbonyl (C=O) groups is 4. The van der Waals surface area contributed by atoms with Gasteiger partial charge in [0.1, 0.15) is 23.1 Å². The molecule has 52 heavy (non-hydrogen) atoms. The largest absolute Gasteiger partial charge is 0.494 e. The minimum absolute atomic E-state index is 0.0682. The maximum Gasteiger partial charge on any atom is 0.407 e. The van der Waals surface area contributed by atoms with Gasteiger partial charge in [0.05, 0.1) is 31.4 Å². The van der Waals surface area contributed by atoms with Crippen LogP contribution >= 0.6 is 0 Å². The van der Waals surface area contributed by atoms with Crippen LogP contribution in [0.4, 0.5) is 4.79 Å². The van der Waals surface area contributed by atoms with E-state index < -0.39 is 41.9 Å². The van der Waals surface area contributed by atoms with Gasteiger partial charge in [-0.25, -0.2) is 9.59 Å². The molecule has 2 bridgehead atoms. The molecule has 2 aliphatic rings. The highest BCUT2D eigenvalue weighted by Crippen LogP contribution is 2.18. The molecule has 0 aliphatic carbocycles. The number of amides is 3. The molecular formula is C39H58N4O9. The number of aliphatic hydroxyl groups excluding tert-OH is 1. The van der Waals surface area contributed by atoms with Crippen LogP contribution in [0.3, 0.4) is 0 Å². The Balaban J connectivity index is 1.77. The Morgan fingerprint density at radius 1 is 1.04 bits per heavy atom. The standard InChI is InChI=1S/C39H58N4O9/c1-7-9-20-50-34(45)25-51-30-17-13-27(14-18-30)22-31(42-38(48)52-39(4,5)6)33(44)24-41-32-23-28-11-15-29(16-12-28)49-21-10-19-40-37(47)35(26(3)8-2)43-36(32)46/h11-18,26,31-33,35,41,44H,7-10,19-25H2,1-6H3,(H,40,47)(H,42,48)(H,43,46)/t26-,31-,32-,33+,35-/m0/s1. The second-order valence-electron chi connectivity index (χ2n) is 14.2. The summed E-state index contributed by atoms with van der Waals surface area (Å²) >= 11 is 0. The Bertz CT molecular complexity index is 1410. The van der Waals surface area contributed by atoms with E-state index in [1.165, 1.54) is 0 Å². The number of esters is 1. The highest BCUT2D eigenvalue weighted by atomic mass is 16.6. The Morgan fingerprint density at radius 2 is 1.75 bits per heavy atom. The van der Waals surface area contributed by atoms with Crippen LogP contribution in [0.5, 0.6) is 11.5 Å². The van der Waals surface area contributed by atoms with Gasteiger partial charge in [-0.2, -0.15) is 0 Å². The van der Waals surface area contributed by atoms with Gasteiger partial charge in [-0.3, -0.25) is 9.59 Å². The van der Waals surface area contributed by atoms with Crippen LogP contribution in [0, 0.1) is 5.92 Å². The number of unbranched alkanes of at least 4 members (excludes halogenated alkanes) is 1. The normalized spacial score (nSPS) is 18.7. The monoisotopic (exact) mass is 726 g/mol. The van der Waals surface area contributed by atoms with Gasteiger partial charge in [-0.15, -0.1) is 0 Å². The lowest BCUT2D eigenvalue weighted by molar-refractivity contribution is -0.146. The Kier molecular flexibility index (Phi) is 17.2. The highest BCUT2D eigenvalue weighted by molar-refractivity contribution is 5.90. The van der Waals surface area contributed by atoms with Crippen molar-refractivity contribution in [2.24, 2.45) is 5.92 Å². The third-order valence-electron chi connectivity index (χ3n) is 8.60. The first-order valence-electron chi connectivity index (χ1n) is 18.4. The van der Waals surface area contributed by atoms with E-state index in [0.717, 1.165) is 24.0 Å². The highest BCUT2D eigenvalue weighted by Gasteiger charge is 2.31. The molecule has 13 heteroatoms. The first-order chi connectivity index (χ1) is 24.8. The fourth-order valence-electron chi connectivity index (χ4n) is 5.39. The molecule has 13 nitrogen and oxygen atoms in total. The van der Waals surface area contributed by atoms with E-state index in [1.807, 2.05) is 45.0 Å². The number of nitrogens with one attached hydrogen (secondary N) is 4. The SMILES string of the molecule is CCCCOC(=O)COc1ccc(C[C@H](NC(=O)OC(C)(C)C)[C@H](O)CN[C@H]2Cc3ccc(cc3)OCCCNC(=O)[C@H]([C@@H](C)CC)NC2=O)cc1. The second-order valence-corrected chi connectivity index (χ2v) is 14.2. The summed E-state index contributed by atoms with van der Waals surface area (Å²) in [7, 11) is 0. The first kappa shape index (κ1) is 42.1. The van der Waals surface area contributed by atoms with Crippen molar-refractivity contribution in [2.45, 2.75) is 110 Å². The summed E-state index contributed by atoms with van der Waals surface area (Å²) in [6, 6.07) is 12.0. The maximum absolute atomic E-state index is 13.8. The van der Waals surface area contributed by atoms with Gasteiger partial charge < -0.3 is 45.3 Å². The van der Waals surface area contributed by atoms with E-state index in [4.69, 9.17) is 18.9 Å². The van der Waals surface area contributed by atoms with Gasteiger partial charge in [0.25, 0.3) is 0 Å². The zero-order valence-corrected chi connectivity index (χ0v) is 31.5. The third kappa shape index (κ3) is 15.1. The average Bonchev–Trinajstić information content (AvgIpc) is 3.11. The van der Waals surface area contributed by atoms with Crippen molar-refractivity contribution < 1.29 is 43.2 Å². The zero-order valence-electron chi connectivity index (χ0n) is 31.5. The van der Waals surface area contributed by atoms with Crippen molar-refractivity contribution in [3.63, 3.8) is 0 Å². The quantitative estimate of drug-likeness (QED) is 0.134. The van der Waals surface area contributed by atoms with Gasteiger partial charge in [0.2, 0.25) is 11.8 Å². The van der Waals surface area contributed by atoms with Crippen LogP contribution in [0.1, 0.15) is 78.4 Å². The average molecular weight is 727 g/mol. The van der Waals surface area contributed by atoms with E-state index in [-0.39, 0.29) is 43.7 Å². The van der Waals surface area contributed by atoms with Gasteiger partial charge in [-0.05, 0) is 87.8 Å². The lowest BCUT2D eigenvalue weighted by Crippen LogP contribution is -2.57. The molecule has 3 amide bonds. The third-order valence-corrected chi connectivity index (χ3v) is 8.60. The second kappa shape index (κ2) is 21.2. The number of alkyl carbamates (subject to hydrolysis) is 1. The van der Waals surface area contributed by atoms with Gasteiger partial charge in [-0.1, -0.05) is 57.9 Å². The molecule has 2 aliphatic heterocycles. The van der Waals surface area contributed by atoms with Crippen LogP contribution in [-0.4, -0.2) is 91.7 Å². The van der Waals surface area contributed by atoms with Gasteiger partial charge in [0.15, 0.2) is 6.61 Å². The topological polar surface area (TPSA) is 174 Å². The number of benzene rings is 2. The lowest BCUT2D eigenvalue weighted by Gasteiger charge is -2.29. The Morgan fingerprint density at radius 3 is 2.40 bits per heavy atom. The summed E-state index contributed by atoms with van der Waals surface area (Å²) in [4.78, 5) is 51.8. The molecule has 2 aromatic rings. The van der Waals surface area contributed by atoms with Crippen molar-refractivity contribution in [2.75, 3.05) is 32.9 Å². The smallest absolute Gasteiger partial charge is 0.407 e. The summed E-state index contributed by atoms with van der Waals surface area (Å²) in [5.41, 5.74) is 0.860. The van der Waals surface area contributed by atoms with E-state index in [0.29, 0.717) is 44.1 Å². The van der Waals surface area contributed by atoms with Gasteiger partial charge >= 0.3 is 12.1 Å². The molecular weight excluding hydrogens is 668 g/mol. The van der Waals surface area contributed by atoms with E-state index >= 15 is 0 Å². The van der Waals surface area contributed by atoms with Crippen LogP contribution in [-0.2, 0) is 36.7 Å². The summed E-state index contributed by atoms with van der Waals surface area (Å²) in [5, 5.41) is 23.4. The molecule has 0 radical (unpaired) electrons. The number of hydrogen-bond donors (Lipinski definition) is 5. The number of hydrogen-bond acceptors (Lipinski definition) is 10. The molecule has 2 heterocycles. The molecule has 0 unspecified atom stereocenters. The molecule has 2 aromatic carbocycles. The molecule has 4 rings (SSSR count). The minimum atomic E-state index is -1.16. The molecule has 0 saturated carbocycles. The van der Waals surface area contributed by atoms with Crippen molar-refractivity contribution >= 4 is 23.9 Å². The number of rotatable bonds is 15. The number of fused-ring (bicyclic) bond motifs is 12. The van der Waals surface area contributed by atoms with Gasteiger partial charge in [0, 0.05) is 13.1 Å². The number of ether oxygens (including phenoxy) is 4. The summed E-state index contributed by atoms with van der Waals surface area (Å²) in [5.74, 6) is -0.0667. The van der Waals surface area contributed by atoms with Crippen molar-refractivity contribution in [3.8, 4) is 11.5 Å². The van der Waals surface area contributed by atoms with Crippen LogP contribution in [0.15, 0.2) is 48.5 Å². The molecule has 5 atom stereocenters. The van der Waals surface area contributed by atoms with Crippen LogP contribution in [0.2, 0.25) is 0 Å². The Labute approximate surface area is 307 Å². The molecule has 0 fully saturated rings. The molecule has 5 N–H and O–H groups in total. The van der Waals surface area contributed by atoms with Crippen LogP contribution in [0.25, 0.3) is 0 Å². The molecule has 0 spiro atoms. The van der Waals surface area contributed by atoms with Crippen molar-refractivity contribution in [1.82, 2.24) is 21.3 Å². The molecule has 0 saturated heterocycles. The Hall–Kier alpha value is -4.36. The zero-order chi connectivity index (χ0) is 38.1. The van der Waals surface area contributed by atoms with Crippen molar-refractivity contribution in [3.05, 3.63) is 59.7 Å². The summed E-state index contributed by atoms with van der Waals surface area (Å²) < 4.78 is 22.0. The number of carbonyl (C=O) groups excluding carboxylic acids is 4. The number of aliphatic hydroxyl groups is 1. The van der Waals surface area contributed by atoms with Crippen molar-refractivity contribution in [1.29, 1.82) is 0 Å². The maximum atomic E-state index is 13.8. The first-order valence-corrected chi connectivity index (χ1v) is 18.4. The predicted octanol–water partition coefficient (Wildman–Crippen LogP) is 3.84. The van der Waals surface area contributed by atoms with E-state index in [2.05, 4.69) is 21.3 Å². The van der Waals surface area contributed by atoms with E-state index in [9.17, 15) is 24.3 Å². The lowest BCUT2D eigenvalue weighted by atomic mass is 9.96. The molecule has 288 valence electrons. The summed E-state index contributed by atoms with van der Waals surface area (Å²) in [6.45, 7) is 12.0. The van der Waals surface area contributed by atoms with E-state index in [1.54, 1.807) is 45.0 Å².